The summed E-state index contributed by atoms with van der Waals surface area (Å²) in [5, 5.41) is 2.91. The molecule has 1 saturated carbocycles. The maximum atomic E-state index is 12.0. The molecule has 0 bridgehead atoms. The molecule has 0 saturated heterocycles. The zero-order valence-corrected chi connectivity index (χ0v) is 10.3. The summed E-state index contributed by atoms with van der Waals surface area (Å²) >= 11 is 0. The Balaban J connectivity index is 2.72. The van der Waals surface area contributed by atoms with Gasteiger partial charge in [-0.15, -0.1) is 0 Å². The molecule has 2 atom stereocenters. The van der Waals surface area contributed by atoms with Crippen molar-refractivity contribution in [1.29, 1.82) is 0 Å². The van der Waals surface area contributed by atoms with Crippen molar-refractivity contribution in [2.75, 3.05) is 0 Å². The second-order valence-corrected chi connectivity index (χ2v) is 5.24. The minimum atomic E-state index is -0.546. The average Bonchev–Trinajstić information content (AvgIpc) is 2.76. The van der Waals surface area contributed by atoms with E-state index in [0.717, 1.165) is 6.42 Å². The van der Waals surface area contributed by atoms with Gasteiger partial charge in [0.15, 0.2) is 5.78 Å². The van der Waals surface area contributed by atoms with Crippen molar-refractivity contribution >= 4 is 11.7 Å². The molecule has 1 amide bonds. The number of amides is 1. The monoisotopic (exact) mass is 211 g/mol. The van der Waals surface area contributed by atoms with Crippen molar-refractivity contribution in [2.24, 2.45) is 17.8 Å². The van der Waals surface area contributed by atoms with Crippen LogP contribution in [0.4, 0.5) is 0 Å². The minimum absolute atomic E-state index is 0.0117. The summed E-state index contributed by atoms with van der Waals surface area (Å²) in [6.45, 7) is 9.47. The summed E-state index contributed by atoms with van der Waals surface area (Å²) in [6, 6.07) is 0. The third-order valence-electron chi connectivity index (χ3n) is 3.14. The number of nitrogens with one attached hydrogen (secondary N) is 1. The Morgan fingerprint density at radius 2 is 1.67 bits per heavy atom. The Bertz CT molecular complexity index is 283. The third kappa shape index (κ3) is 2.21. The first-order valence-corrected chi connectivity index (χ1v) is 5.67. The van der Waals surface area contributed by atoms with Gasteiger partial charge in [-0.2, -0.15) is 0 Å². The van der Waals surface area contributed by atoms with E-state index in [1.807, 2.05) is 34.6 Å². The molecule has 3 heteroatoms. The zero-order chi connectivity index (χ0) is 11.8. The van der Waals surface area contributed by atoms with Gasteiger partial charge in [-0.1, -0.05) is 34.6 Å². The largest absolute Gasteiger partial charge is 0.343 e. The number of ketones is 1. The van der Waals surface area contributed by atoms with Crippen molar-refractivity contribution in [3.05, 3.63) is 0 Å². The highest BCUT2D eigenvalue weighted by atomic mass is 16.2. The Morgan fingerprint density at radius 1 is 1.20 bits per heavy atom. The van der Waals surface area contributed by atoms with Gasteiger partial charge in [-0.3, -0.25) is 9.59 Å². The molecule has 1 aliphatic carbocycles. The van der Waals surface area contributed by atoms with E-state index in [1.165, 1.54) is 0 Å². The first kappa shape index (κ1) is 12.2. The van der Waals surface area contributed by atoms with E-state index < -0.39 is 5.54 Å². The molecule has 1 aliphatic rings. The van der Waals surface area contributed by atoms with Gasteiger partial charge in [0.2, 0.25) is 5.91 Å². The molecule has 0 spiro atoms. The predicted molar refractivity (Wildman–Crippen MR) is 59.3 cm³/mol. The lowest BCUT2D eigenvalue weighted by Crippen LogP contribution is -2.47. The van der Waals surface area contributed by atoms with Crippen molar-refractivity contribution in [3.63, 3.8) is 0 Å². The van der Waals surface area contributed by atoms with Gasteiger partial charge >= 0.3 is 0 Å². The Morgan fingerprint density at radius 3 is 1.93 bits per heavy atom. The molecule has 1 rings (SSSR count). The molecule has 86 valence electrons. The van der Waals surface area contributed by atoms with Crippen LogP contribution >= 0.6 is 0 Å². The fourth-order valence-corrected chi connectivity index (χ4v) is 1.88. The summed E-state index contributed by atoms with van der Waals surface area (Å²) in [6.07, 6.45) is 0.794. The van der Waals surface area contributed by atoms with Crippen molar-refractivity contribution in [3.8, 4) is 0 Å². The van der Waals surface area contributed by atoms with E-state index in [0.29, 0.717) is 0 Å². The molecule has 0 aromatic heterocycles. The molecule has 0 radical (unpaired) electrons. The van der Waals surface area contributed by atoms with Gasteiger partial charge in [0.1, 0.15) is 5.54 Å². The fraction of sp³-hybridized carbons (Fsp3) is 0.833. The third-order valence-corrected chi connectivity index (χ3v) is 3.14. The summed E-state index contributed by atoms with van der Waals surface area (Å²) in [4.78, 5) is 23.6. The number of carbonyl (C=O) groups is 2. The lowest BCUT2D eigenvalue weighted by molar-refractivity contribution is -0.132. The average molecular weight is 211 g/mol. The number of rotatable bonds is 4. The van der Waals surface area contributed by atoms with Crippen LogP contribution in [0.15, 0.2) is 0 Å². The van der Waals surface area contributed by atoms with Crippen LogP contribution in [0.1, 0.15) is 41.0 Å². The van der Waals surface area contributed by atoms with Gasteiger partial charge in [0, 0.05) is 11.8 Å². The Kier molecular flexibility index (Phi) is 3.22. The van der Waals surface area contributed by atoms with E-state index in [1.54, 1.807) is 0 Å². The molecule has 3 nitrogen and oxygen atoms in total. The SMILES string of the molecule is CC(C)C(=O)NC1(C(=O)C(C)C)C[C@H]1C. The van der Waals surface area contributed by atoms with Gasteiger partial charge in [-0.25, -0.2) is 0 Å². The number of carbonyl (C=O) groups excluding carboxylic acids is 2. The summed E-state index contributed by atoms with van der Waals surface area (Å²) in [5.41, 5.74) is -0.546. The van der Waals surface area contributed by atoms with Gasteiger partial charge in [0.25, 0.3) is 0 Å². The molecule has 0 heterocycles. The predicted octanol–water partition coefficient (Wildman–Crippen LogP) is 1.76. The van der Waals surface area contributed by atoms with Crippen molar-refractivity contribution in [2.45, 2.75) is 46.6 Å². The zero-order valence-electron chi connectivity index (χ0n) is 10.3. The molecule has 1 N–H and O–H groups in total. The number of Topliss-reactive ketones (excluding diaryl/α,β-unsaturated/α-hetero) is 1. The highest BCUT2D eigenvalue weighted by molar-refractivity contribution is 5.97. The van der Waals surface area contributed by atoms with Gasteiger partial charge < -0.3 is 5.32 Å². The van der Waals surface area contributed by atoms with E-state index in [2.05, 4.69) is 5.32 Å². The quantitative estimate of drug-likeness (QED) is 0.770. The molecule has 0 aliphatic heterocycles. The highest BCUT2D eigenvalue weighted by Crippen LogP contribution is 2.45. The summed E-state index contributed by atoms with van der Waals surface area (Å²) in [5.74, 6) is 0.365. The molecule has 1 fully saturated rings. The molecule has 0 aromatic rings. The standard InChI is InChI=1S/C12H21NO2/c1-7(2)10(14)12(6-9(12)5)13-11(15)8(3)4/h7-9H,6H2,1-5H3,(H,13,15)/t9-,12?/m1/s1. The Labute approximate surface area is 91.6 Å². The second-order valence-electron chi connectivity index (χ2n) is 5.24. The maximum Gasteiger partial charge on any atom is 0.223 e. The van der Waals surface area contributed by atoms with Crippen molar-refractivity contribution < 1.29 is 9.59 Å². The molecular formula is C12H21NO2. The topological polar surface area (TPSA) is 46.2 Å². The number of hydrogen-bond donors (Lipinski definition) is 1. The first-order chi connectivity index (χ1) is 6.81. The van der Waals surface area contributed by atoms with Crippen LogP contribution in [0.3, 0.4) is 0 Å². The van der Waals surface area contributed by atoms with Crippen LogP contribution in [-0.4, -0.2) is 17.2 Å². The molecule has 1 unspecified atom stereocenters. The van der Waals surface area contributed by atoms with Gasteiger partial charge in [0.05, 0.1) is 0 Å². The lowest BCUT2D eigenvalue weighted by Gasteiger charge is -2.21. The lowest BCUT2D eigenvalue weighted by atomic mass is 9.97. The Hall–Kier alpha value is -0.860. The van der Waals surface area contributed by atoms with Crippen LogP contribution in [0.2, 0.25) is 0 Å². The van der Waals surface area contributed by atoms with Crippen LogP contribution in [-0.2, 0) is 9.59 Å². The van der Waals surface area contributed by atoms with Crippen molar-refractivity contribution in [1.82, 2.24) is 5.32 Å². The van der Waals surface area contributed by atoms with E-state index in [-0.39, 0.29) is 29.4 Å². The van der Waals surface area contributed by atoms with Crippen LogP contribution in [0.5, 0.6) is 0 Å². The second kappa shape index (κ2) is 3.95. The number of hydrogen-bond acceptors (Lipinski definition) is 2. The van der Waals surface area contributed by atoms with E-state index in [9.17, 15) is 9.59 Å². The molecule has 15 heavy (non-hydrogen) atoms. The normalized spacial score (nSPS) is 29.4. The smallest absolute Gasteiger partial charge is 0.223 e. The van der Waals surface area contributed by atoms with Gasteiger partial charge in [-0.05, 0) is 12.3 Å². The minimum Gasteiger partial charge on any atom is -0.343 e. The van der Waals surface area contributed by atoms with Crippen LogP contribution in [0, 0.1) is 17.8 Å². The molecular weight excluding hydrogens is 190 g/mol. The van der Waals surface area contributed by atoms with E-state index in [4.69, 9.17) is 0 Å². The van der Waals surface area contributed by atoms with E-state index >= 15 is 0 Å². The highest BCUT2D eigenvalue weighted by Gasteiger charge is 2.58. The first-order valence-electron chi connectivity index (χ1n) is 5.67. The fourth-order valence-electron chi connectivity index (χ4n) is 1.88. The summed E-state index contributed by atoms with van der Waals surface area (Å²) < 4.78 is 0. The molecule has 0 aromatic carbocycles. The maximum absolute atomic E-state index is 12.0. The summed E-state index contributed by atoms with van der Waals surface area (Å²) in [7, 11) is 0. The van der Waals surface area contributed by atoms with Crippen LogP contribution in [0.25, 0.3) is 0 Å². The van der Waals surface area contributed by atoms with Crippen LogP contribution < -0.4 is 5.32 Å².